The van der Waals surface area contributed by atoms with Crippen LogP contribution in [0.1, 0.15) is 30.6 Å². The fourth-order valence-electron chi connectivity index (χ4n) is 1.68. The fourth-order valence-corrected chi connectivity index (χ4v) is 3.13. The molecule has 1 amide bonds. The second-order valence-corrected chi connectivity index (χ2v) is 5.99. The summed E-state index contributed by atoms with van der Waals surface area (Å²) < 4.78 is 0. The minimum absolute atomic E-state index is 0.0972. The lowest BCUT2D eigenvalue weighted by Crippen LogP contribution is -2.37. The maximum Gasteiger partial charge on any atom is 0.220 e. The van der Waals surface area contributed by atoms with Gasteiger partial charge in [-0.15, -0.1) is 11.3 Å². The first-order valence-electron chi connectivity index (χ1n) is 5.63. The quantitative estimate of drug-likeness (QED) is 0.804. The lowest BCUT2D eigenvalue weighted by molar-refractivity contribution is -0.121. The van der Waals surface area contributed by atoms with Crippen LogP contribution >= 0.6 is 27.3 Å². The van der Waals surface area contributed by atoms with Crippen molar-refractivity contribution in [2.24, 2.45) is 0 Å². The maximum atomic E-state index is 11.7. The van der Waals surface area contributed by atoms with E-state index in [4.69, 9.17) is 0 Å². The van der Waals surface area contributed by atoms with Gasteiger partial charge in [-0.1, -0.05) is 22.0 Å². The van der Waals surface area contributed by atoms with E-state index in [9.17, 15) is 4.79 Å². The average Bonchev–Trinajstić information content (AvgIpc) is 2.85. The molecule has 1 fully saturated rings. The third kappa shape index (κ3) is 3.32. The number of nitrogens with one attached hydrogen (secondary N) is 1. The van der Waals surface area contributed by atoms with E-state index in [0.717, 1.165) is 31.0 Å². The van der Waals surface area contributed by atoms with Crippen molar-refractivity contribution in [3.63, 3.8) is 0 Å². The summed E-state index contributed by atoms with van der Waals surface area (Å²) in [5, 5.41) is 6.08. The number of hydrogen-bond acceptors (Lipinski definition) is 2. The molecule has 0 unspecified atom stereocenters. The summed E-state index contributed by atoms with van der Waals surface area (Å²) in [6.45, 7) is 0. The molecule has 0 bridgehead atoms. The van der Waals surface area contributed by atoms with Gasteiger partial charge in [-0.25, -0.2) is 0 Å². The molecule has 88 valence electrons. The van der Waals surface area contributed by atoms with Crippen LogP contribution in [0.25, 0.3) is 0 Å². The van der Waals surface area contributed by atoms with E-state index in [1.54, 1.807) is 11.3 Å². The fraction of sp³-hybridized carbons (Fsp3) is 0.583. The molecule has 0 spiro atoms. The van der Waals surface area contributed by atoms with Gasteiger partial charge in [0.2, 0.25) is 5.91 Å². The Kier molecular flexibility index (Phi) is 4.03. The van der Waals surface area contributed by atoms with Crippen LogP contribution in [0.15, 0.2) is 17.5 Å². The summed E-state index contributed by atoms with van der Waals surface area (Å²) >= 11 is 5.21. The van der Waals surface area contributed by atoms with E-state index >= 15 is 0 Å². The minimum Gasteiger partial charge on any atom is -0.350 e. The normalized spacial score (nSPS) is 17.1. The van der Waals surface area contributed by atoms with Gasteiger partial charge in [0.15, 0.2) is 0 Å². The van der Waals surface area contributed by atoms with Crippen LogP contribution in [0.4, 0.5) is 0 Å². The smallest absolute Gasteiger partial charge is 0.220 e. The Morgan fingerprint density at radius 2 is 2.38 bits per heavy atom. The van der Waals surface area contributed by atoms with Crippen molar-refractivity contribution in [3.8, 4) is 0 Å². The van der Waals surface area contributed by atoms with Gasteiger partial charge in [0, 0.05) is 22.2 Å². The Morgan fingerprint density at radius 1 is 1.56 bits per heavy atom. The zero-order chi connectivity index (χ0) is 11.4. The first kappa shape index (κ1) is 12.1. The second-order valence-electron chi connectivity index (χ2n) is 4.40. The Bertz CT molecular complexity index is 346. The molecule has 2 nitrogen and oxygen atoms in total. The van der Waals surface area contributed by atoms with E-state index in [-0.39, 0.29) is 11.4 Å². The predicted octanol–water partition coefficient (Wildman–Crippen LogP) is 3.11. The summed E-state index contributed by atoms with van der Waals surface area (Å²) in [5.41, 5.74) is 0.0972. The van der Waals surface area contributed by atoms with E-state index in [1.165, 1.54) is 4.88 Å². The van der Waals surface area contributed by atoms with Gasteiger partial charge >= 0.3 is 0 Å². The first-order chi connectivity index (χ1) is 7.74. The van der Waals surface area contributed by atoms with Crippen molar-refractivity contribution < 1.29 is 4.79 Å². The zero-order valence-corrected chi connectivity index (χ0v) is 11.6. The molecule has 0 radical (unpaired) electrons. The molecule has 1 N–H and O–H groups in total. The van der Waals surface area contributed by atoms with Crippen LogP contribution in [0, 0.1) is 0 Å². The summed E-state index contributed by atoms with van der Waals surface area (Å²) in [7, 11) is 0. The van der Waals surface area contributed by atoms with Gasteiger partial charge in [-0.05, 0) is 37.1 Å². The number of carbonyl (C=O) groups excluding carboxylic acids is 1. The highest BCUT2D eigenvalue weighted by atomic mass is 79.9. The number of rotatable bonds is 6. The highest BCUT2D eigenvalue weighted by Gasteiger charge is 2.42. The van der Waals surface area contributed by atoms with Crippen LogP contribution in [-0.2, 0) is 11.2 Å². The van der Waals surface area contributed by atoms with Crippen LogP contribution in [0.3, 0.4) is 0 Å². The first-order valence-corrected chi connectivity index (χ1v) is 7.64. The van der Waals surface area contributed by atoms with Gasteiger partial charge < -0.3 is 5.32 Å². The molecule has 4 heteroatoms. The molecule has 2 rings (SSSR count). The Hall–Kier alpha value is -0.350. The Labute approximate surface area is 109 Å². The van der Waals surface area contributed by atoms with E-state index in [1.807, 2.05) is 0 Å². The van der Waals surface area contributed by atoms with Crippen molar-refractivity contribution in [2.45, 2.75) is 37.6 Å². The lowest BCUT2D eigenvalue weighted by atomic mass is 10.2. The molecular formula is C12H16BrNOS. The number of alkyl halides is 1. The number of carbonyl (C=O) groups is 1. The van der Waals surface area contributed by atoms with Gasteiger partial charge in [0.1, 0.15) is 0 Å². The predicted molar refractivity (Wildman–Crippen MR) is 71.2 cm³/mol. The topological polar surface area (TPSA) is 29.1 Å². The number of halogens is 1. The summed E-state index contributed by atoms with van der Waals surface area (Å²) in [6.07, 6.45) is 4.85. The number of aryl methyl sites for hydroxylation is 1. The third-order valence-electron chi connectivity index (χ3n) is 2.92. The molecule has 1 saturated carbocycles. The summed E-state index contributed by atoms with van der Waals surface area (Å²) in [6, 6.07) is 4.19. The molecule has 1 aliphatic carbocycles. The van der Waals surface area contributed by atoms with Gasteiger partial charge in [0.05, 0.1) is 0 Å². The molecule has 1 heterocycles. The van der Waals surface area contributed by atoms with Crippen LogP contribution < -0.4 is 5.32 Å². The number of amides is 1. The lowest BCUT2D eigenvalue weighted by Gasteiger charge is -2.13. The van der Waals surface area contributed by atoms with Crippen LogP contribution in [0.5, 0.6) is 0 Å². The van der Waals surface area contributed by atoms with Gasteiger partial charge in [-0.2, -0.15) is 0 Å². The highest BCUT2D eigenvalue weighted by molar-refractivity contribution is 9.09. The minimum atomic E-state index is 0.0972. The molecular weight excluding hydrogens is 286 g/mol. The van der Waals surface area contributed by atoms with Crippen molar-refractivity contribution >= 4 is 33.2 Å². The second kappa shape index (κ2) is 5.32. The van der Waals surface area contributed by atoms with E-state index in [2.05, 4.69) is 38.8 Å². The monoisotopic (exact) mass is 301 g/mol. The molecule has 1 aromatic rings. The maximum absolute atomic E-state index is 11.7. The van der Waals surface area contributed by atoms with Crippen LogP contribution in [-0.4, -0.2) is 16.8 Å². The molecule has 0 atom stereocenters. The van der Waals surface area contributed by atoms with Crippen molar-refractivity contribution in [3.05, 3.63) is 22.4 Å². The SMILES string of the molecule is O=C(CCCc1cccs1)NC1(CBr)CC1. The molecule has 0 saturated heterocycles. The van der Waals surface area contributed by atoms with E-state index < -0.39 is 0 Å². The largest absolute Gasteiger partial charge is 0.350 e. The van der Waals surface area contributed by atoms with E-state index in [0.29, 0.717) is 6.42 Å². The molecule has 1 aliphatic rings. The number of hydrogen-bond donors (Lipinski definition) is 1. The molecule has 16 heavy (non-hydrogen) atoms. The molecule has 0 aromatic carbocycles. The zero-order valence-electron chi connectivity index (χ0n) is 9.17. The highest BCUT2D eigenvalue weighted by Crippen LogP contribution is 2.36. The van der Waals surface area contributed by atoms with Crippen molar-refractivity contribution in [2.75, 3.05) is 5.33 Å². The summed E-state index contributed by atoms with van der Waals surface area (Å²) in [5.74, 6) is 0.202. The standard InChI is InChI=1S/C12H16BrNOS/c13-9-12(6-7-12)14-11(15)5-1-3-10-4-2-8-16-10/h2,4,8H,1,3,5-7,9H2,(H,14,15). The summed E-state index contributed by atoms with van der Waals surface area (Å²) in [4.78, 5) is 13.0. The van der Waals surface area contributed by atoms with Crippen LogP contribution in [0.2, 0.25) is 0 Å². The van der Waals surface area contributed by atoms with Crippen molar-refractivity contribution in [1.82, 2.24) is 5.32 Å². The average molecular weight is 302 g/mol. The van der Waals surface area contributed by atoms with Gasteiger partial charge in [0.25, 0.3) is 0 Å². The Morgan fingerprint density at radius 3 is 2.94 bits per heavy atom. The van der Waals surface area contributed by atoms with Crippen molar-refractivity contribution in [1.29, 1.82) is 0 Å². The third-order valence-corrected chi connectivity index (χ3v) is 4.93. The molecule has 1 aromatic heterocycles. The Balaban J connectivity index is 1.64. The molecule has 0 aliphatic heterocycles. The number of thiophene rings is 1. The van der Waals surface area contributed by atoms with Gasteiger partial charge in [-0.3, -0.25) is 4.79 Å².